The molecule has 0 aliphatic rings. The van der Waals surface area contributed by atoms with Crippen molar-refractivity contribution in [2.75, 3.05) is 27.3 Å². The van der Waals surface area contributed by atoms with E-state index in [-0.39, 0.29) is 29.6 Å². The number of hydrogen-bond donors (Lipinski definition) is 2. The lowest BCUT2D eigenvalue weighted by Crippen LogP contribution is -2.26. The number of carboxylic acid groups (broad SMARTS) is 2. The molecule has 0 bridgehead atoms. The second kappa shape index (κ2) is 8.56. The van der Waals surface area contributed by atoms with Gasteiger partial charge in [-0.05, 0) is 24.6 Å². The fourth-order valence-electron chi connectivity index (χ4n) is 1.94. The largest absolute Gasteiger partial charge is 0.493 e. The molecule has 0 aliphatic heterocycles. The molecule has 0 atom stereocenters. The summed E-state index contributed by atoms with van der Waals surface area (Å²) in [6, 6.07) is 2.22. The van der Waals surface area contributed by atoms with Crippen LogP contribution in [0.5, 0.6) is 11.5 Å². The monoisotopic (exact) mass is 337 g/mol. The summed E-state index contributed by atoms with van der Waals surface area (Å²) in [5, 5.41) is 18.2. The number of ether oxygens (including phenoxy) is 2. The number of nitrogens with zero attached hydrogens (tertiary/aromatic N) is 1. The van der Waals surface area contributed by atoms with Gasteiger partial charge in [0.25, 0.3) is 0 Å². The number of rotatable bonds is 9. The summed E-state index contributed by atoms with van der Waals surface area (Å²) >= 11 is 0. The Morgan fingerprint density at radius 2 is 1.71 bits per heavy atom. The van der Waals surface area contributed by atoms with Crippen LogP contribution in [0, 0.1) is 0 Å². The number of likely N-dealkylation sites (N-methyl/N-ethyl adjacent to an activating group) is 1. The van der Waals surface area contributed by atoms with Gasteiger partial charge in [0, 0.05) is 13.6 Å². The molecule has 0 saturated heterocycles. The van der Waals surface area contributed by atoms with E-state index in [1.54, 1.807) is 7.05 Å². The van der Waals surface area contributed by atoms with Gasteiger partial charge in [-0.1, -0.05) is 6.58 Å². The third-order valence-electron chi connectivity index (χ3n) is 3.21. The Hall–Kier alpha value is -3.03. The molecule has 1 aromatic carbocycles. The minimum atomic E-state index is -1.38. The van der Waals surface area contributed by atoms with E-state index in [1.165, 1.54) is 18.1 Å². The van der Waals surface area contributed by atoms with Crippen molar-refractivity contribution in [3.8, 4) is 11.5 Å². The summed E-state index contributed by atoms with van der Waals surface area (Å²) < 4.78 is 10.5. The number of aromatic carboxylic acids is 2. The molecule has 8 heteroatoms. The molecule has 24 heavy (non-hydrogen) atoms. The maximum absolute atomic E-state index is 11.3. The van der Waals surface area contributed by atoms with E-state index in [4.69, 9.17) is 19.7 Å². The molecule has 130 valence electrons. The molecule has 1 aromatic rings. The zero-order chi connectivity index (χ0) is 18.3. The van der Waals surface area contributed by atoms with Gasteiger partial charge < -0.3 is 24.6 Å². The molecule has 0 aliphatic carbocycles. The highest BCUT2D eigenvalue weighted by molar-refractivity contribution is 6.02. The SMILES string of the molecule is C=CC(=O)N(C)CCCOc1cc(C(=O)O)c(C(=O)O)cc1OC. The van der Waals surface area contributed by atoms with Gasteiger partial charge in [0.15, 0.2) is 11.5 Å². The standard InChI is InChI=1S/C16H19NO7/c1-4-14(18)17(2)6-5-7-24-13-9-11(16(21)22)10(15(19)20)8-12(13)23-3/h4,8-9H,1,5-7H2,2-3H3,(H,19,20)(H,21,22). The number of carbonyl (C=O) groups is 3. The van der Waals surface area contributed by atoms with Crippen LogP contribution in [0.4, 0.5) is 0 Å². The zero-order valence-electron chi connectivity index (χ0n) is 13.4. The third-order valence-corrected chi connectivity index (χ3v) is 3.21. The van der Waals surface area contributed by atoms with Crippen molar-refractivity contribution in [3.05, 3.63) is 35.9 Å². The fourth-order valence-corrected chi connectivity index (χ4v) is 1.94. The molecule has 0 radical (unpaired) electrons. The van der Waals surface area contributed by atoms with Gasteiger partial charge in [-0.25, -0.2) is 9.59 Å². The van der Waals surface area contributed by atoms with E-state index in [0.29, 0.717) is 13.0 Å². The molecule has 0 aromatic heterocycles. The van der Waals surface area contributed by atoms with Crippen molar-refractivity contribution in [2.24, 2.45) is 0 Å². The first kappa shape index (κ1) is 19.0. The Morgan fingerprint density at radius 1 is 1.17 bits per heavy atom. The lowest BCUT2D eigenvalue weighted by Gasteiger charge is -2.16. The first-order valence-corrected chi connectivity index (χ1v) is 7.00. The summed E-state index contributed by atoms with van der Waals surface area (Å²) in [4.78, 5) is 35.1. The highest BCUT2D eigenvalue weighted by Crippen LogP contribution is 2.31. The molecule has 8 nitrogen and oxygen atoms in total. The Bertz CT molecular complexity index is 654. The molecule has 0 saturated carbocycles. The predicted octanol–water partition coefficient (Wildman–Crippen LogP) is 1.50. The van der Waals surface area contributed by atoms with Gasteiger partial charge in [0.2, 0.25) is 5.91 Å². The highest BCUT2D eigenvalue weighted by atomic mass is 16.5. The van der Waals surface area contributed by atoms with E-state index in [2.05, 4.69) is 6.58 Å². The number of hydrogen-bond acceptors (Lipinski definition) is 5. The van der Waals surface area contributed by atoms with Crippen LogP contribution in [0.1, 0.15) is 27.1 Å². The minimum absolute atomic E-state index is 0.118. The van der Waals surface area contributed by atoms with Gasteiger partial charge >= 0.3 is 11.9 Å². The van der Waals surface area contributed by atoms with Crippen molar-refractivity contribution in [1.29, 1.82) is 0 Å². The maximum atomic E-state index is 11.3. The van der Waals surface area contributed by atoms with Gasteiger partial charge in [-0.15, -0.1) is 0 Å². The predicted molar refractivity (Wildman–Crippen MR) is 84.9 cm³/mol. The minimum Gasteiger partial charge on any atom is -0.493 e. The van der Waals surface area contributed by atoms with E-state index < -0.39 is 17.5 Å². The number of carbonyl (C=O) groups excluding carboxylic acids is 1. The quantitative estimate of drug-likeness (QED) is 0.518. The van der Waals surface area contributed by atoms with Crippen molar-refractivity contribution in [3.63, 3.8) is 0 Å². The van der Waals surface area contributed by atoms with Gasteiger partial charge in [0.1, 0.15) is 0 Å². The van der Waals surface area contributed by atoms with Crippen LogP contribution < -0.4 is 9.47 Å². The van der Waals surface area contributed by atoms with Crippen molar-refractivity contribution >= 4 is 17.8 Å². The van der Waals surface area contributed by atoms with Gasteiger partial charge in [-0.3, -0.25) is 4.79 Å². The lowest BCUT2D eigenvalue weighted by atomic mass is 10.1. The van der Waals surface area contributed by atoms with Crippen LogP contribution in [0.25, 0.3) is 0 Å². The van der Waals surface area contributed by atoms with E-state index >= 15 is 0 Å². The van der Waals surface area contributed by atoms with Crippen LogP contribution >= 0.6 is 0 Å². The van der Waals surface area contributed by atoms with Gasteiger partial charge in [0.05, 0.1) is 24.8 Å². The smallest absolute Gasteiger partial charge is 0.336 e. The molecule has 0 spiro atoms. The fraction of sp³-hybridized carbons (Fsp3) is 0.312. The Kier molecular flexibility index (Phi) is 6.79. The maximum Gasteiger partial charge on any atom is 0.336 e. The molecule has 1 amide bonds. The van der Waals surface area contributed by atoms with Crippen molar-refractivity contribution in [1.82, 2.24) is 4.90 Å². The lowest BCUT2D eigenvalue weighted by molar-refractivity contribution is -0.124. The Morgan fingerprint density at radius 3 is 2.17 bits per heavy atom. The Labute approximate surface area is 138 Å². The number of methoxy groups -OCH3 is 1. The number of amides is 1. The third kappa shape index (κ3) is 4.73. The Balaban J connectivity index is 2.85. The molecular formula is C16H19NO7. The summed E-state index contributed by atoms with van der Waals surface area (Å²) in [5.41, 5.74) is -0.778. The highest BCUT2D eigenvalue weighted by Gasteiger charge is 2.20. The number of benzene rings is 1. The molecule has 2 N–H and O–H groups in total. The van der Waals surface area contributed by atoms with Crippen LogP contribution in [-0.4, -0.2) is 60.3 Å². The average Bonchev–Trinajstić information content (AvgIpc) is 2.56. The van der Waals surface area contributed by atoms with Crippen LogP contribution in [0.15, 0.2) is 24.8 Å². The second-order valence-corrected chi connectivity index (χ2v) is 4.82. The van der Waals surface area contributed by atoms with E-state index in [9.17, 15) is 14.4 Å². The molecule has 0 heterocycles. The first-order chi connectivity index (χ1) is 11.3. The summed E-state index contributed by atoms with van der Waals surface area (Å²) in [6.45, 7) is 4.00. The van der Waals surface area contributed by atoms with Crippen LogP contribution in [0.3, 0.4) is 0 Å². The van der Waals surface area contributed by atoms with E-state index in [0.717, 1.165) is 12.1 Å². The van der Waals surface area contributed by atoms with Crippen LogP contribution in [0.2, 0.25) is 0 Å². The van der Waals surface area contributed by atoms with Crippen LogP contribution in [-0.2, 0) is 4.79 Å². The topological polar surface area (TPSA) is 113 Å². The summed E-state index contributed by atoms with van der Waals surface area (Å²) in [7, 11) is 2.94. The second-order valence-electron chi connectivity index (χ2n) is 4.82. The summed E-state index contributed by atoms with van der Waals surface area (Å²) in [6.07, 6.45) is 1.69. The molecule has 0 unspecified atom stereocenters. The normalized spacial score (nSPS) is 9.92. The van der Waals surface area contributed by atoms with E-state index in [1.807, 2.05) is 0 Å². The van der Waals surface area contributed by atoms with Crippen molar-refractivity contribution in [2.45, 2.75) is 6.42 Å². The summed E-state index contributed by atoms with van der Waals surface area (Å²) in [5.74, 6) is -2.73. The first-order valence-electron chi connectivity index (χ1n) is 7.00. The molecular weight excluding hydrogens is 318 g/mol. The van der Waals surface area contributed by atoms with Crippen molar-refractivity contribution < 1.29 is 34.1 Å². The molecule has 0 fully saturated rings. The zero-order valence-corrected chi connectivity index (χ0v) is 13.4. The molecule has 1 rings (SSSR count). The number of carboxylic acids is 2. The average molecular weight is 337 g/mol. The van der Waals surface area contributed by atoms with Gasteiger partial charge in [-0.2, -0.15) is 0 Å².